The van der Waals surface area contributed by atoms with E-state index >= 15 is 0 Å². The largest absolute Gasteiger partial charge is 0.479 e. The number of allylic oxidation sites excluding steroid dienone is 8. The quantitative estimate of drug-likeness (QED) is 0.0228. The first-order valence-corrected chi connectivity index (χ1v) is 27.6. The van der Waals surface area contributed by atoms with Crippen LogP contribution >= 0.6 is 0 Å². The number of aliphatic carboxylic acids is 1. The molecule has 1 saturated heterocycles. The Hall–Kier alpha value is -3.32. The molecule has 0 aliphatic carbocycles. The fourth-order valence-corrected chi connectivity index (χ4v) is 8.18. The topological polar surface area (TPSA) is 175 Å². The van der Waals surface area contributed by atoms with Gasteiger partial charge in [-0.25, -0.2) is 4.79 Å². The number of hydrogen-bond donors (Lipinski definition) is 3. The van der Waals surface area contributed by atoms with E-state index < -0.39 is 67.3 Å². The second kappa shape index (κ2) is 45.8. The van der Waals surface area contributed by atoms with E-state index in [4.69, 9.17) is 23.7 Å². The third kappa shape index (κ3) is 36.3. The maximum Gasteiger partial charge on any atom is 0.335 e. The minimum atomic E-state index is -1.90. The zero-order chi connectivity index (χ0) is 50.4. The van der Waals surface area contributed by atoms with Gasteiger partial charge in [0.05, 0.1) is 6.61 Å². The summed E-state index contributed by atoms with van der Waals surface area (Å²) in [5, 5.41) is 31.3. The van der Waals surface area contributed by atoms with Crippen LogP contribution in [0.25, 0.3) is 0 Å². The van der Waals surface area contributed by atoms with Crippen LogP contribution in [0.2, 0.25) is 0 Å². The summed E-state index contributed by atoms with van der Waals surface area (Å²) in [4.78, 5) is 50.8. The molecule has 1 aliphatic heterocycles. The molecule has 3 N–H and O–H groups in total. The molecule has 0 aromatic carbocycles. The first-order valence-electron chi connectivity index (χ1n) is 27.6. The first kappa shape index (κ1) is 63.7. The minimum Gasteiger partial charge on any atom is -0.479 e. The molecule has 1 heterocycles. The SMILES string of the molecule is CC/C=C\C/C=C\C/C=C\C/C=C\CCCCCCC(=O)OCC(COC1OC(C(=O)O)C(O)C(O)C1OC(=O)CCCCCCCCCCCCCCC)OC(=O)CCCCCCCCCCC. The van der Waals surface area contributed by atoms with Gasteiger partial charge >= 0.3 is 23.9 Å². The van der Waals surface area contributed by atoms with Gasteiger partial charge in [-0.3, -0.25) is 14.4 Å². The summed E-state index contributed by atoms with van der Waals surface area (Å²) >= 11 is 0. The maximum atomic E-state index is 13.0. The van der Waals surface area contributed by atoms with Gasteiger partial charge in [0.2, 0.25) is 0 Å². The van der Waals surface area contributed by atoms with Gasteiger partial charge in [-0.15, -0.1) is 0 Å². The lowest BCUT2D eigenvalue weighted by molar-refractivity contribution is -0.301. The Morgan fingerprint density at radius 3 is 1.39 bits per heavy atom. The molecule has 12 nitrogen and oxygen atoms in total. The molecule has 1 aliphatic rings. The van der Waals surface area contributed by atoms with Crippen molar-refractivity contribution in [3.05, 3.63) is 48.6 Å². The predicted molar refractivity (Wildman–Crippen MR) is 276 cm³/mol. The summed E-state index contributed by atoms with van der Waals surface area (Å²) in [6.45, 7) is 5.82. The first-order chi connectivity index (χ1) is 33.6. The number of esters is 3. The lowest BCUT2D eigenvalue weighted by atomic mass is 9.98. The van der Waals surface area contributed by atoms with E-state index in [0.717, 1.165) is 96.3 Å². The summed E-state index contributed by atoms with van der Waals surface area (Å²) in [5.74, 6) is -3.14. The molecule has 0 bridgehead atoms. The monoisotopic (exact) mass is 975 g/mol. The van der Waals surface area contributed by atoms with E-state index in [1.54, 1.807) is 0 Å². The van der Waals surface area contributed by atoms with Crippen molar-refractivity contribution in [1.29, 1.82) is 0 Å². The second-order valence-electron chi connectivity index (χ2n) is 18.9. The summed E-state index contributed by atoms with van der Waals surface area (Å²) in [7, 11) is 0. The highest BCUT2D eigenvalue weighted by atomic mass is 16.7. The van der Waals surface area contributed by atoms with Gasteiger partial charge in [-0.05, 0) is 57.8 Å². The molecule has 69 heavy (non-hydrogen) atoms. The second-order valence-corrected chi connectivity index (χ2v) is 18.9. The number of carboxylic acid groups (broad SMARTS) is 1. The molecule has 398 valence electrons. The van der Waals surface area contributed by atoms with Gasteiger partial charge in [0, 0.05) is 19.3 Å². The van der Waals surface area contributed by atoms with E-state index in [2.05, 4.69) is 69.4 Å². The van der Waals surface area contributed by atoms with Crippen LogP contribution in [-0.2, 0) is 42.9 Å². The zero-order valence-corrected chi connectivity index (χ0v) is 43.6. The Labute approximate surface area is 418 Å². The molecule has 0 spiro atoms. The van der Waals surface area contributed by atoms with Gasteiger partial charge in [0.15, 0.2) is 24.6 Å². The van der Waals surface area contributed by atoms with Crippen molar-refractivity contribution in [2.24, 2.45) is 0 Å². The van der Waals surface area contributed by atoms with Crippen LogP contribution in [-0.4, -0.2) is 89.2 Å². The van der Waals surface area contributed by atoms with E-state index in [-0.39, 0.29) is 25.9 Å². The van der Waals surface area contributed by atoms with Crippen LogP contribution in [0.5, 0.6) is 0 Å². The molecular formula is C57H98O12. The molecule has 0 aromatic rings. The number of unbranched alkanes of at least 4 members (excludes halogenated alkanes) is 24. The summed E-state index contributed by atoms with van der Waals surface area (Å²) in [6.07, 6.45) is 41.0. The Morgan fingerprint density at radius 1 is 0.493 bits per heavy atom. The van der Waals surface area contributed by atoms with Crippen LogP contribution in [0, 0.1) is 0 Å². The van der Waals surface area contributed by atoms with Crippen molar-refractivity contribution < 1.29 is 58.2 Å². The molecular weight excluding hydrogens is 877 g/mol. The molecule has 0 saturated carbocycles. The van der Waals surface area contributed by atoms with E-state index in [0.29, 0.717) is 19.3 Å². The average molecular weight is 975 g/mol. The van der Waals surface area contributed by atoms with Crippen molar-refractivity contribution in [2.45, 2.75) is 276 Å². The van der Waals surface area contributed by atoms with Crippen LogP contribution in [0.4, 0.5) is 0 Å². The summed E-state index contributed by atoms with van der Waals surface area (Å²) in [6, 6.07) is 0. The smallest absolute Gasteiger partial charge is 0.335 e. The van der Waals surface area contributed by atoms with Gasteiger partial charge in [-0.1, -0.05) is 211 Å². The number of carbonyl (C=O) groups is 4. The van der Waals surface area contributed by atoms with Crippen molar-refractivity contribution >= 4 is 23.9 Å². The van der Waals surface area contributed by atoms with Crippen LogP contribution in [0.15, 0.2) is 48.6 Å². The van der Waals surface area contributed by atoms with Crippen molar-refractivity contribution in [2.75, 3.05) is 13.2 Å². The Bertz CT molecular complexity index is 1390. The van der Waals surface area contributed by atoms with Gasteiger partial charge in [0.25, 0.3) is 0 Å². The molecule has 1 rings (SSSR count). The average Bonchev–Trinajstić information content (AvgIpc) is 3.33. The Kier molecular flexibility index (Phi) is 42.3. The number of hydrogen-bond acceptors (Lipinski definition) is 11. The molecule has 1 fully saturated rings. The van der Waals surface area contributed by atoms with Gasteiger partial charge < -0.3 is 39.0 Å². The predicted octanol–water partition coefficient (Wildman–Crippen LogP) is 13.4. The molecule has 0 radical (unpaired) electrons. The van der Waals surface area contributed by atoms with Crippen LogP contribution < -0.4 is 0 Å². The highest BCUT2D eigenvalue weighted by Gasteiger charge is 2.50. The lowest BCUT2D eigenvalue weighted by Crippen LogP contribution is -2.61. The summed E-state index contributed by atoms with van der Waals surface area (Å²) in [5.41, 5.74) is 0. The number of rotatable bonds is 46. The fourth-order valence-electron chi connectivity index (χ4n) is 8.18. The molecule has 6 unspecified atom stereocenters. The van der Waals surface area contributed by atoms with Crippen LogP contribution in [0.1, 0.15) is 239 Å². The zero-order valence-electron chi connectivity index (χ0n) is 43.6. The van der Waals surface area contributed by atoms with Crippen molar-refractivity contribution in [3.8, 4) is 0 Å². The highest BCUT2D eigenvalue weighted by Crippen LogP contribution is 2.26. The molecule has 6 atom stereocenters. The minimum absolute atomic E-state index is 0.0620. The highest BCUT2D eigenvalue weighted by molar-refractivity contribution is 5.74. The maximum absolute atomic E-state index is 13.0. The lowest BCUT2D eigenvalue weighted by Gasteiger charge is -2.40. The Morgan fingerprint density at radius 2 is 0.913 bits per heavy atom. The number of ether oxygens (including phenoxy) is 5. The third-order valence-corrected chi connectivity index (χ3v) is 12.4. The normalized spacial score (nSPS) is 19.0. The van der Waals surface area contributed by atoms with Gasteiger partial charge in [0.1, 0.15) is 18.8 Å². The molecule has 0 amide bonds. The summed E-state index contributed by atoms with van der Waals surface area (Å²) < 4.78 is 28.3. The number of carbonyl (C=O) groups excluding carboxylic acids is 3. The van der Waals surface area contributed by atoms with E-state index in [1.807, 2.05) is 0 Å². The van der Waals surface area contributed by atoms with Crippen molar-refractivity contribution in [1.82, 2.24) is 0 Å². The molecule has 12 heteroatoms. The third-order valence-electron chi connectivity index (χ3n) is 12.4. The standard InChI is InChI=1S/C57H98O12/c1-4-7-10-13-16-19-21-23-24-25-26-28-29-32-34-37-40-43-49(58)65-46-48(67-50(59)44-41-38-35-31-18-15-12-9-6-3)47-66-57-55(53(62)52(61)54(69-57)56(63)64)68-51(60)45-42-39-36-33-30-27-22-20-17-14-11-8-5-2/h7,10,16,19,23-24,26,28,48,52-55,57,61-62H,4-6,8-9,11-15,17-18,20-22,25,27,29-47H2,1-3H3,(H,63,64)/b10-7-,19-16-,24-23-,28-26-. The number of aliphatic hydroxyl groups excluding tert-OH is 2. The fraction of sp³-hybridized carbons (Fsp3) is 0.789. The van der Waals surface area contributed by atoms with Gasteiger partial charge in [-0.2, -0.15) is 0 Å². The van der Waals surface area contributed by atoms with Crippen LogP contribution in [0.3, 0.4) is 0 Å². The van der Waals surface area contributed by atoms with E-state index in [9.17, 15) is 34.5 Å². The van der Waals surface area contributed by atoms with Crippen molar-refractivity contribution in [3.63, 3.8) is 0 Å². The van der Waals surface area contributed by atoms with E-state index in [1.165, 1.54) is 83.5 Å². The number of aliphatic hydroxyl groups is 2. The molecule has 0 aromatic heterocycles. The number of carboxylic acids is 1. The Balaban J connectivity index is 2.69.